The van der Waals surface area contributed by atoms with Gasteiger partial charge in [-0.25, -0.2) is 4.98 Å². The maximum atomic E-state index is 9.48. The zero-order valence-corrected chi connectivity index (χ0v) is 19.9. The van der Waals surface area contributed by atoms with Crippen molar-refractivity contribution in [2.24, 2.45) is 5.92 Å². The van der Waals surface area contributed by atoms with E-state index in [9.17, 15) is 5.11 Å². The van der Waals surface area contributed by atoms with Crippen LogP contribution in [0.4, 0.5) is 0 Å². The van der Waals surface area contributed by atoms with E-state index >= 15 is 0 Å². The molecule has 0 radical (unpaired) electrons. The van der Waals surface area contributed by atoms with Crippen LogP contribution in [0.3, 0.4) is 0 Å². The molecule has 1 atom stereocenters. The summed E-state index contributed by atoms with van der Waals surface area (Å²) in [6.07, 6.45) is 6.30. The van der Waals surface area contributed by atoms with E-state index in [-0.39, 0.29) is 19.6 Å². The lowest BCUT2D eigenvalue weighted by Crippen LogP contribution is -2.34. The van der Waals surface area contributed by atoms with E-state index in [2.05, 4.69) is 52.7 Å². The molecule has 0 spiro atoms. The van der Waals surface area contributed by atoms with Crippen LogP contribution >= 0.6 is 0 Å². The summed E-state index contributed by atoms with van der Waals surface area (Å²) in [7, 11) is 0. The summed E-state index contributed by atoms with van der Waals surface area (Å²) in [4.78, 5) is 29.1. The minimum absolute atomic E-state index is 0.157. The second kappa shape index (κ2) is 16.0. The Labute approximate surface area is 196 Å². The van der Waals surface area contributed by atoms with Crippen LogP contribution in [0.2, 0.25) is 0 Å². The van der Waals surface area contributed by atoms with Crippen molar-refractivity contribution in [1.82, 2.24) is 19.8 Å². The van der Waals surface area contributed by atoms with Crippen LogP contribution in [0.25, 0.3) is 0 Å². The molecule has 0 bridgehead atoms. The van der Waals surface area contributed by atoms with Crippen LogP contribution < -0.4 is 0 Å². The Kier molecular flexibility index (Phi) is 13.7. The van der Waals surface area contributed by atoms with Gasteiger partial charge in [0.15, 0.2) is 0 Å². The van der Waals surface area contributed by atoms with E-state index in [4.69, 9.17) is 19.8 Å². The maximum Gasteiger partial charge on any atom is 0.290 e. The van der Waals surface area contributed by atoms with E-state index in [1.165, 1.54) is 48.2 Å². The molecular formula is C24H38N4O5. The van der Waals surface area contributed by atoms with Crippen molar-refractivity contribution >= 4 is 12.9 Å². The number of piperidine rings is 1. The highest BCUT2D eigenvalue weighted by molar-refractivity contribution is 5.38. The minimum Gasteiger partial charge on any atom is -0.483 e. The van der Waals surface area contributed by atoms with Crippen LogP contribution in [-0.2, 0) is 29.2 Å². The quantitative estimate of drug-likeness (QED) is 0.441. The number of aromatic nitrogens is 2. The summed E-state index contributed by atoms with van der Waals surface area (Å²) in [5.74, 6) is 1.74. The van der Waals surface area contributed by atoms with Gasteiger partial charge < -0.3 is 20.3 Å². The number of nitrogens with one attached hydrogen (secondary N) is 1. The molecule has 1 aliphatic heterocycles. The van der Waals surface area contributed by atoms with Crippen molar-refractivity contribution in [3.63, 3.8) is 0 Å². The van der Waals surface area contributed by atoms with Crippen LogP contribution in [0.5, 0.6) is 0 Å². The molecule has 0 saturated carbocycles. The monoisotopic (exact) mass is 462 g/mol. The normalized spacial score (nSPS) is 15.7. The molecule has 0 aliphatic carbocycles. The molecular weight excluding hydrogens is 424 g/mol. The number of rotatable bonds is 8. The van der Waals surface area contributed by atoms with Gasteiger partial charge in [-0.3, -0.25) is 19.4 Å². The first kappa shape index (κ1) is 28.3. The lowest BCUT2D eigenvalue weighted by molar-refractivity contribution is -0.123. The number of nitrogens with zero attached hydrogens (tertiary/aromatic N) is 3. The number of carbonyl (C=O) groups is 2. The van der Waals surface area contributed by atoms with Gasteiger partial charge in [0.2, 0.25) is 0 Å². The van der Waals surface area contributed by atoms with Crippen molar-refractivity contribution in [3.05, 3.63) is 52.6 Å². The van der Waals surface area contributed by atoms with Crippen molar-refractivity contribution < 1.29 is 24.9 Å². The van der Waals surface area contributed by atoms with Gasteiger partial charge in [0.1, 0.15) is 5.82 Å². The van der Waals surface area contributed by atoms with Crippen LogP contribution in [0, 0.1) is 19.8 Å². The molecule has 1 aromatic heterocycles. The Morgan fingerprint density at radius 2 is 1.85 bits per heavy atom. The second-order valence-corrected chi connectivity index (χ2v) is 8.37. The van der Waals surface area contributed by atoms with Crippen LogP contribution in [0.15, 0.2) is 24.5 Å². The third-order valence-corrected chi connectivity index (χ3v) is 5.64. The van der Waals surface area contributed by atoms with Crippen LogP contribution in [-0.4, -0.2) is 74.3 Å². The number of hydrogen-bond acceptors (Lipinski definition) is 6. The Morgan fingerprint density at radius 1 is 1.18 bits per heavy atom. The molecule has 2 heterocycles. The van der Waals surface area contributed by atoms with Gasteiger partial charge in [-0.2, -0.15) is 0 Å². The van der Waals surface area contributed by atoms with Gasteiger partial charge in [0.05, 0.1) is 13.2 Å². The summed E-state index contributed by atoms with van der Waals surface area (Å²) in [6.45, 7) is 12.1. The molecule has 2 aromatic rings. The molecule has 0 amide bonds. The molecule has 33 heavy (non-hydrogen) atoms. The average molecular weight is 463 g/mol. The molecule has 1 fully saturated rings. The summed E-state index contributed by atoms with van der Waals surface area (Å²) >= 11 is 0. The second-order valence-electron chi connectivity index (χ2n) is 8.37. The third kappa shape index (κ3) is 10.6. The zero-order valence-electron chi connectivity index (χ0n) is 19.9. The fraction of sp³-hybridized carbons (Fsp3) is 0.542. The van der Waals surface area contributed by atoms with E-state index in [1.54, 1.807) is 6.20 Å². The highest BCUT2D eigenvalue weighted by atomic mass is 16.3. The predicted octanol–water partition coefficient (Wildman–Crippen LogP) is 2.65. The van der Waals surface area contributed by atoms with Crippen molar-refractivity contribution in [2.45, 2.75) is 53.2 Å². The molecule has 1 unspecified atom stereocenters. The minimum atomic E-state index is -0.250. The molecule has 3 rings (SSSR count). The number of benzene rings is 1. The van der Waals surface area contributed by atoms with E-state index in [1.807, 2.05) is 6.20 Å². The molecule has 1 aromatic carbocycles. The standard InChI is InChI=1S/C22H34N4O.2CH2O2/c1-17-5-4-8-25(13-17)14-20-11-18(2)12-21(19(20)3)15-26(9-10-27)16-22-23-6-7-24-22;2*2-1-3/h6-7,11-12,17,27H,4-5,8-10,13-16H2,1-3H3,(H,23,24);2*1H,(H,2,3). The lowest BCUT2D eigenvalue weighted by atomic mass is 9.96. The molecule has 9 heteroatoms. The predicted molar refractivity (Wildman–Crippen MR) is 127 cm³/mol. The summed E-state index contributed by atoms with van der Waals surface area (Å²) in [6, 6.07) is 4.64. The van der Waals surface area contributed by atoms with Gasteiger partial charge in [0, 0.05) is 38.6 Å². The smallest absolute Gasteiger partial charge is 0.290 e. The molecule has 4 N–H and O–H groups in total. The van der Waals surface area contributed by atoms with Gasteiger partial charge in [-0.15, -0.1) is 0 Å². The van der Waals surface area contributed by atoms with Crippen LogP contribution in [0.1, 0.15) is 47.8 Å². The van der Waals surface area contributed by atoms with Crippen molar-refractivity contribution in [2.75, 3.05) is 26.2 Å². The van der Waals surface area contributed by atoms with E-state index in [0.717, 1.165) is 31.4 Å². The lowest BCUT2D eigenvalue weighted by Gasteiger charge is -2.32. The maximum absolute atomic E-state index is 9.48. The number of aliphatic hydroxyl groups is 1. The number of carboxylic acid groups (broad SMARTS) is 2. The first-order chi connectivity index (χ1) is 15.9. The number of H-pyrrole nitrogens is 1. The fourth-order valence-corrected chi connectivity index (χ4v) is 4.21. The van der Waals surface area contributed by atoms with Gasteiger partial charge in [-0.1, -0.05) is 24.6 Å². The molecule has 184 valence electrons. The largest absolute Gasteiger partial charge is 0.483 e. The Balaban J connectivity index is 0.000000819. The van der Waals surface area contributed by atoms with Gasteiger partial charge in [-0.05, 0) is 55.8 Å². The van der Waals surface area contributed by atoms with Crippen molar-refractivity contribution in [1.29, 1.82) is 0 Å². The van der Waals surface area contributed by atoms with Gasteiger partial charge >= 0.3 is 0 Å². The number of aliphatic hydroxyl groups excluding tert-OH is 1. The number of aromatic amines is 1. The Bertz CT molecular complexity index is 807. The topological polar surface area (TPSA) is 130 Å². The Hall–Kier alpha value is -2.75. The summed E-state index contributed by atoms with van der Waals surface area (Å²) in [5, 5.41) is 23.3. The van der Waals surface area contributed by atoms with Gasteiger partial charge in [0.25, 0.3) is 12.9 Å². The van der Waals surface area contributed by atoms with E-state index in [0.29, 0.717) is 6.54 Å². The number of likely N-dealkylation sites (tertiary alicyclic amines) is 1. The highest BCUT2D eigenvalue weighted by Crippen LogP contribution is 2.23. The Morgan fingerprint density at radius 3 is 2.42 bits per heavy atom. The zero-order chi connectivity index (χ0) is 24.6. The first-order valence-electron chi connectivity index (χ1n) is 11.2. The summed E-state index contributed by atoms with van der Waals surface area (Å²) < 4.78 is 0. The van der Waals surface area contributed by atoms with Crippen molar-refractivity contribution in [3.8, 4) is 0 Å². The fourth-order valence-electron chi connectivity index (χ4n) is 4.21. The van der Waals surface area contributed by atoms with E-state index < -0.39 is 0 Å². The highest BCUT2D eigenvalue weighted by Gasteiger charge is 2.18. The first-order valence-corrected chi connectivity index (χ1v) is 11.2. The SMILES string of the molecule is Cc1cc(CN(CCO)Cc2ncc[nH]2)c(C)c(CN2CCCC(C)C2)c1.O=CO.O=CO. The molecule has 9 nitrogen and oxygen atoms in total. The number of aryl methyl sites for hydroxylation is 1. The number of hydrogen-bond donors (Lipinski definition) is 4. The number of imidazole rings is 1. The third-order valence-electron chi connectivity index (χ3n) is 5.64. The average Bonchev–Trinajstić information content (AvgIpc) is 3.26. The molecule has 1 saturated heterocycles. The molecule has 1 aliphatic rings. The summed E-state index contributed by atoms with van der Waals surface area (Å²) in [5.41, 5.74) is 5.51.